The molecule has 0 aromatic rings. The van der Waals surface area contributed by atoms with Crippen LogP contribution in [0.1, 0.15) is 20.8 Å². The molecule has 2 saturated heterocycles. The minimum absolute atomic E-state index is 0.416. The van der Waals surface area contributed by atoms with E-state index in [9.17, 15) is 35.1 Å². The summed E-state index contributed by atoms with van der Waals surface area (Å²) in [5, 5.41) is 55.0. The first kappa shape index (κ1) is 23.9. The van der Waals surface area contributed by atoms with Crippen LogP contribution in [0.25, 0.3) is 0 Å². The van der Waals surface area contributed by atoms with Gasteiger partial charge in [0.25, 0.3) is 0 Å². The number of ether oxygens (including phenoxy) is 3. The summed E-state index contributed by atoms with van der Waals surface area (Å²) < 4.78 is 16.9. The number of aliphatic hydroxyl groups is 5. The molecule has 2 heterocycles. The Morgan fingerprint density at radius 1 is 0.862 bits per heavy atom. The lowest BCUT2D eigenvalue weighted by Crippen LogP contribution is -2.69. The maximum atomic E-state index is 11.6. The van der Waals surface area contributed by atoms with Gasteiger partial charge in [0.1, 0.15) is 42.7 Å². The molecule has 2 rings (SSSR count). The topological polar surface area (TPSA) is 187 Å². The van der Waals surface area contributed by atoms with Crippen LogP contribution in [-0.4, -0.2) is 112 Å². The SMILES string of the molecule is CC(=O)NC1[C@H](O[C@@H]2C(NC(C)=O)[C@@H](C)OC(CO)[C@@H]2O)OC(CO)[C@@H](O)[C@@H]1O. The third kappa shape index (κ3) is 5.41. The van der Waals surface area contributed by atoms with Gasteiger partial charge in [0.15, 0.2) is 6.29 Å². The molecule has 0 bridgehead atoms. The molecule has 7 N–H and O–H groups in total. The molecule has 0 aromatic heterocycles. The normalized spacial score (nSPS) is 42.9. The summed E-state index contributed by atoms with van der Waals surface area (Å²) in [5.41, 5.74) is 0. The van der Waals surface area contributed by atoms with E-state index in [0.717, 1.165) is 0 Å². The van der Waals surface area contributed by atoms with Crippen LogP contribution < -0.4 is 10.6 Å². The molecule has 2 fully saturated rings. The van der Waals surface area contributed by atoms with Crippen molar-refractivity contribution < 1.29 is 49.3 Å². The fraction of sp³-hybridized carbons (Fsp3) is 0.882. The van der Waals surface area contributed by atoms with Gasteiger partial charge in [-0.25, -0.2) is 0 Å². The first-order valence-corrected chi connectivity index (χ1v) is 9.37. The molecule has 2 aliphatic rings. The van der Waals surface area contributed by atoms with Crippen LogP contribution in [0.4, 0.5) is 0 Å². The first-order chi connectivity index (χ1) is 13.6. The molecule has 0 aliphatic carbocycles. The van der Waals surface area contributed by atoms with Gasteiger partial charge in [0.05, 0.1) is 25.4 Å². The van der Waals surface area contributed by atoms with E-state index in [4.69, 9.17) is 14.2 Å². The predicted molar refractivity (Wildman–Crippen MR) is 95.3 cm³/mol. The number of hydrogen-bond acceptors (Lipinski definition) is 10. The van der Waals surface area contributed by atoms with E-state index in [2.05, 4.69) is 10.6 Å². The second-order valence-corrected chi connectivity index (χ2v) is 7.31. The predicted octanol–water partition coefficient (Wildman–Crippen LogP) is -4.04. The number of nitrogens with one attached hydrogen (secondary N) is 2. The molecule has 0 aromatic carbocycles. The molecule has 2 amide bonds. The molecule has 0 spiro atoms. The largest absolute Gasteiger partial charge is 0.394 e. The zero-order valence-electron chi connectivity index (χ0n) is 16.5. The fourth-order valence-electron chi connectivity index (χ4n) is 3.62. The van der Waals surface area contributed by atoms with Crippen LogP contribution in [0.3, 0.4) is 0 Å². The van der Waals surface area contributed by atoms with Crippen molar-refractivity contribution in [3.63, 3.8) is 0 Å². The summed E-state index contributed by atoms with van der Waals surface area (Å²) >= 11 is 0. The van der Waals surface area contributed by atoms with Crippen LogP contribution in [0, 0.1) is 0 Å². The summed E-state index contributed by atoms with van der Waals surface area (Å²) in [6, 6.07) is -2.07. The molecule has 0 radical (unpaired) electrons. The number of hydrogen-bond donors (Lipinski definition) is 7. The van der Waals surface area contributed by atoms with Crippen molar-refractivity contribution in [3.8, 4) is 0 Å². The zero-order chi connectivity index (χ0) is 21.9. The second-order valence-electron chi connectivity index (χ2n) is 7.31. The van der Waals surface area contributed by atoms with Crippen LogP contribution in [-0.2, 0) is 23.8 Å². The monoisotopic (exact) mass is 422 g/mol. The number of carbonyl (C=O) groups is 2. The van der Waals surface area contributed by atoms with Gasteiger partial charge in [-0.2, -0.15) is 0 Å². The Hall–Kier alpha value is -1.38. The first-order valence-electron chi connectivity index (χ1n) is 9.37. The van der Waals surface area contributed by atoms with Crippen molar-refractivity contribution in [2.24, 2.45) is 0 Å². The average Bonchev–Trinajstić information content (AvgIpc) is 2.65. The highest BCUT2D eigenvalue weighted by molar-refractivity contribution is 5.73. The van der Waals surface area contributed by atoms with Gasteiger partial charge in [0, 0.05) is 13.8 Å². The zero-order valence-corrected chi connectivity index (χ0v) is 16.5. The highest BCUT2D eigenvalue weighted by Gasteiger charge is 2.50. The van der Waals surface area contributed by atoms with Crippen LogP contribution in [0.2, 0.25) is 0 Å². The lowest BCUT2D eigenvalue weighted by molar-refractivity contribution is -0.308. The standard InChI is InChI=1S/C17H30N2O10/c1-6-11(18-7(2)22)16(14(25)10(5-21)27-6)29-17-12(19-8(3)23)15(26)13(24)9(4-20)28-17/h6,9-17,20-21,24-26H,4-5H2,1-3H3,(H,18,22)(H,19,23)/t6-,9?,10?,11?,12?,13-,14+,15-,16-,17+/m1/s1. The Labute approximate surface area is 167 Å². The van der Waals surface area contributed by atoms with E-state index < -0.39 is 86.1 Å². The Kier molecular flexibility index (Phi) is 8.31. The summed E-state index contributed by atoms with van der Waals surface area (Å²) in [5.74, 6) is -0.950. The van der Waals surface area contributed by atoms with Gasteiger partial charge in [0.2, 0.25) is 11.8 Å². The quantitative estimate of drug-likeness (QED) is 0.222. The van der Waals surface area contributed by atoms with Crippen molar-refractivity contribution in [1.29, 1.82) is 0 Å². The van der Waals surface area contributed by atoms with Crippen molar-refractivity contribution in [2.75, 3.05) is 13.2 Å². The number of carbonyl (C=O) groups excluding carboxylic acids is 2. The molecule has 2 aliphatic heterocycles. The van der Waals surface area contributed by atoms with Crippen molar-refractivity contribution in [2.45, 2.75) is 81.9 Å². The highest BCUT2D eigenvalue weighted by Crippen LogP contribution is 2.29. The van der Waals surface area contributed by atoms with Crippen molar-refractivity contribution >= 4 is 11.8 Å². The van der Waals surface area contributed by atoms with Gasteiger partial charge in [-0.1, -0.05) is 0 Å². The Morgan fingerprint density at radius 3 is 1.90 bits per heavy atom. The van der Waals surface area contributed by atoms with E-state index in [1.807, 2.05) is 0 Å². The fourth-order valence-corrected chi connectivity index (χ4v) is 3.62. The summed E-state index contributed by atoms with van der Waals surface area (Å²) in [4.78, 5) is 23.2. The Bertz CT molecular complexity index is 578. The molecule has 0 saturated carbocycles. The van der Waals surface area contributed by atoms with Crippen molar-refractivity contribution in [3.05, 3.63) is 0 Å². The Morgan fingerprint density at radius 2 is 1.38 bits per heavy atom. The molecule has 29 heavy (non-hydrogen) atoms. The van der Waals surface area contributed by atoms with Gasteiger partial charge < -0.3 is 50.4 Å². The van der Waals surface area contributed by atoms with Gasteiger partial charge in [-0.05, 0) is 6.92 Å². The number of rotatable bonds is 6. The molecule has 12 nitrogen and oxygen atoms in total. The van der Waals surface area contributed by atoms with Crippen LogP contribution >= 0.6 is 0 Å². The molecular weight excluding hydrogens is 392 g/mol. The number of aliphatic hydroxyl groups excluding tert-OH is 5. The maximum Gasteiger partial charge on any atom is 0.217 e. The maximum absolute atomic E-state index is 11.6. The minimum atomic E-state index is -1.53. The summed E-state index contributed by atoms with van der Waals surface area (Å²) in [7, 11) is 0. The minimum Gasteiger partial charge on any atom is -0.394 e. The van der Waals surface area contributed by atoms with E-state index in [0.29, 0.717) is 0 Å². The van der Waals surface area contributed by atoms with Crippen LogP contribution in [0.15, 0.2) is 0 Å². The number of amides is 2. The summed E-state index contributed by atoms with van der Waals surface area (Å²) in [6.45, 7) is 2.94. The van der Waals surface area contributed by atoms with Gasteiger partial charge in [-0.15, -0.1) is 0 Å². The van der Waals surface area contributed by atoms with Crippen molar-refractivity contribution in [1.82, 2.24) is 10.6 Å². The lowest BCUT2D eigenvalue weighted by Gasteiger charge is -2.48. The lowest BCUT2D eigenvalue weighted by atomic mass is 9.92. The van der Waals surface area contributed by atoms with E-state index in [1.54, 1.807) is 6.92 Å². The van der Waals surface area contributed by atoms with E-state index in [1.165, 1.54) is 13.8 Å². The smallest absolute Gasteiger partial charge is 0.217 e. The summed E-state index contributed by atoms with van der Waals surface area (Å²) in [6.07, 6.45) is -9.81. The van der Waals surface area contributed by atoms with E-state index in [-0.39, 0.29) is 0 Å². The third-order valence-corrected chi connectivity index (χ3v) is 5.06. The third-order valence-electron chi connectivity index (χ3n) is 5.06. The molecule has 168 valence electrons. The average molecular weight is 422 g/mol. The Balaban J connectivity index is 2.31. The van der Waals surface area contributed by atoms with Crippen LogP contribution in [0.5, 0.6) is 0 Å². The molecule has 12 heteroatoms. The molecule has 4 unspecified atom stereocenters. The van der Waals surface area contributed by atoms with Gasteiger partial charge >= 0.3 is 0 Å². The van der Waals surface area contributed by atoms with Gasteiger partial charge in [-0.3, -0.25) is 9.59 Å². The molecule has 10 atom stereocenters. The molecular formula is C17H30N2O10. The van der Waals surface area contributed by atoms with E-state index >= 15 is 0 Å². The second kappa shape index (κ2) is 10.1. The highest BCUT2D eigenvalue weighted by atomic mass is 16.7.